The SMILES string of the molecule is CCCc1ccc(Oc2ccc(S(N)(=O)=O)cc2Cl)cc1. The molecule has 0 saturated heterocycles. The molecule has 2 rings (SSSR count). The van der Waals surface area contributed by atoms with Gasteiger partial charge < -0.3 is 4.74 Å². The molecule has 0 fully saturated rings. The molecular formula is C15H16ClNO3S. The number of primary sulfonamides is 1. The number of hydrogen-bond donors (Lipinski definition) is 1. The summed E-state index contributed by atoms with van der Waals surface area (Å²) in [7, 11) is -3.77. The number of hydrogen-bond acceptors (Lipinski definition) is 3. The first-order chi connectivity index (χ1) is 9.90. The van der Waals surface area contributed by atoms with E-state index in [4.69, 9.17) is 21.5 Å². The predicted octanol–water partition coefficient (Wildman–Crippen LogP) is 3.73. The average molecular weight is 326 g/mol. The van der Waals surface area contributed by atoms with E-state index < -0.39 is 10.0 Å². The monoisotopic (exact) mass is 325 g/mol. The Bertz CT molecular complexity index is 727. The summed E-state index contributed by atoms with van der Waals surface area (Å²) in [5, 5.41) is 5.24. The molecule has 6 heteroatoms. The van der Waals surface area contributed by atoms with E-state index in [2.05, 4.69) is 6.92 Å². The maximum atomic E-state index is 11.2. The third kappa shape index (κ3) is 4.20. The van der Waals surface area contributed by atoms with Crippen LogP contribution in [0.5, 0.6) is 11.5 Å². The van der Waals surface area contributed by atoms with Gasteiger partial charge in [0.25, 0.3) is 0 Å². The minimum absolute atomic E-state index is 0.0434. The summed E-state index contributed by atoms with van der Waals surface area (Å²) < 4.78 is 28.1. The lowest BCUT2D eigenvalue weighted by atomic mass is 10.1. The van der Waals surface area contributed by atoms with Crippen molar-refractivity contribution in [3.8, 4) is 11.5 Å². The van der Waals surface area contributed by atoms with Gasteiger partial charge in [-0.15, -0.1) is 0 Å². The first-order valence-corrected chi connectivity index (χ1v) is 8.41. The van der Waals surface area contributed by atoms with Gasteiger partial charge in [0.15, 0.2) is 0 Å². The molecule has 21 heavy (non-hydrogen) atoms. The lowest BCUT2D eigenvalue weighted by Gasteiger charge is -2.09. The first kappa shape index (κ1) is 15.8. The van der Waals surface area contributed by atoms with E-state index in [0.29, 0.717) is 11.5 Å². The number of rotatable bonds is 5. The fourth-order valence-corrected chi connectivity index (χ4v) is 2.70. The van der Waals surface area contributed by atoms with Crippen molar-refractivity contribution in [3.05, 3.63) is 53.1 Å². The molecule has 4 nitrogen and oxygen atoms in total. The highest BCUT2D eigenvalue weighted by molar-refractivity contribution is 7.89. The third-order valence-corrected chi connectivity index (χ3v) is 4.13. The Hall–Kier alpha value is -1.56. The molecule has 112 valence electrons. The fraction of sp³-hybridized carbons (Fsp3) is 0.200. The standard InChI is InChI=1S/C15H16ClNO3S/c1-2-3-11-4-6-12(7-5-11)20-15-9-8-13(10-14(15)16)21(17,18)19/h4-10H,2-3H2,1H3,(H2,17,18,19). The highest BCUT2D eigenvalue weighted by Gasteiger charge is 2.11. The van der Waals surface area contributed by atoms with Crippen molar-refractivity contribution in [1.82, 2.24) is 0 Å². The van der Waals surface area contributed by atoms with Crippen molar-refractivity contribution < 1.29 is 13.2 Å². The van der Waals surface area contributed by atoms with Crippen molar-refractivity contribution in [1.29, 1.82) is 0 Å². The van der Waals surface area contributed by atoms with Crippen LogP contribution in [0.4, 0.5) is 0 Å². The van der Waals surface area contributed by atoms with E-state index >= 15 is 0 Å². The summed E-state index contributed by atoms with van der Waals surface area (Å²) in [6, 6.07) is 11.8. The van der Waals surface area contributed by atoms with Crippen LogP contribution in [-0.2, 0) is 16.4 Å². The molecule has 2 N–H and O–H groups in total. The summed E-state index contributed by atoms with van der Waals surface area (Å²) in [5.74, 6) is 1.02. The van der Waals surface area contributed by atoms with Crippen molar-refractivity contribution in [2.45, 2.75) is 24.7 Å². The van der Waals surface area contributed by atoms with Crippen LogP contribution in [0.1, 0.15) is 18.9 Å². The van der Waals surface area contributed by atoms with E-state index in [0.717, 1.165) is 12.8 Å². The summed E-state index contributed by atoms with van der Waals surface area (Å²) in [4.78, 5) is -0.0434. The number of halogens is 1. The van der Waals surface area contributed by atoms with Crippen LogP contribution in [0, 0.1) is 0 Å². The molecule has 0 aromatic heterocycles. The van der Waals surface area contributed by atoms with Crippen LogP contribution in [0.15, 0.2) is 47.4 Å². The minimum Gasteiger partial charge on any atom is -0.456 e. The van der Waals surface area contributed by atoms with Gasteiger partial charge in [-0.1, -0.05) is 37.1 Å². The topological polar surface area (TPSA) is 69.4 Å². The van der Waals surface area contributed by atoms with Gasteiger partial charge in [-0.05, 0) is 42.3 Å². The maximum absolute atomic E-state index is 11.2. The van der Waals surface area contributed by atoms with Gasteiger partial charge in [0.2, 0.25) is 10.0 Å². The zero-order valence-electron chi connectivity index (χ0n) is 11.5. The molecule has 0 saturated carbocycles. The zero-order valence-corrected chi connectivity index (χ0v) is 13.1. The van der Waals surface area contributed by atoms with E-state index in [1.165, 1.54) is 23.8 Å². The second kappa shape index (κ2) is 6.47. The molecule has 0 heterocycles. The molecule has 0 amide bonds. The summed E-state index contributed by atoms with van der Waals surface area (Å²) in [6.07, 6.45) is 2.10. The lowest BCUT2D eigenvalue weighted by Crippen LogP contribution is -2.11. The predicted molar refractivity (Wildman–Crippen MR) is 83.3 cm³/mol. The Labute approximate surface area is 129 Å². The van der Waals surface area contributed by atoms with Crippen molar-refractivity contribution in [3.63, 3.8) is 0 Å². The van der Waals surface area contributed by atoms with Crippen LogP contribution < -0.4 is 9.88 Å². The highest BCUT2D eigenvalue weighted by atomic mass is 35.5. The van der Waals surface area contributed by atoms with Crippen LogP contribution in [-0.4, -0.2) is 8.42 Å². The first-order valence-electron chi connectivity index (χ1n) is 6.49. The Balaban J connectivity index is 2.20. The van der Waals surface area contributed by atoms with Gasteiger partial charge >= 0.3 is 0 Å². The quantitative estimate of drug-likeness (QED) is 0.910. The number of sulfonamides is 1. The molecule has 0 aliphatic rings. The molecular weight excluding hydrogens is 310 g/mol. The number of nitrogens with two attached hydrogens (primary N) is 1. The molecule has 0 radical (unpaired) electrons. The number of benzene rings is 2. The molecule has 2 aromatic carbocycles. The van der Waals surface area contributed by atoms with E-state index in [1.807, 2.05) is 24.3 Å². The van der Waals surface area contributed by atoms with Crippen molar-refractivity contribution in [2.24, 2.45) is 5.14 Å². The molecule has 0 spiro atoms. The van der Waals surface area contributed by atoms with Gasteiger partial charge in [0, 0.05) is 0 Å². The number of aryl methyl sites for hydroxylation is 1. The average Bonchev–Trinajstić information content (AvgIpc) is 2.42. The molecule has 0 aliphatic heterocycles. The molecule has 2 aromatic rings. The van der Waals surface area contributed by atoms with Gasteiger partial charge in [0.05, 0.1) is 9.92 Å². The summed E-state index contributed by atoms with van der Waals surface area (Å²) in [6.45, 7) is 2.12. The van der Waals surface area contributed by atoms with Gasteiger partial charge in [-0.2, -0.15) is 0 Å². The van der Waals surface area contributed by atoms with E-state index in [9.17, 15) is 8.42 Å². The van der Waals surface area contributed by atoms with E-state index in [-0.39, 0.29) is 9.92 Å². The number of ether oxygens (including phenoxy) is 1. The van der Waals surface area contributed by atoms with Crippen molar-refractivity contribution in [2.75, 3.05) is 0 Å². The lowest BCUT2D eigenvalue weighted by molar-refractivity contribution is 0.482. The Kier molecular flexibility index (Phi) is 4.88. The maximum Gasteiger partial charge on any atom is 0.238 e. The van der Waals surface area contributed by atoms with Gasteiger partial charge in [-0.3, -0.25) is 0 Å². The van der Waals surface area contributed by atoms with Crippen LogP contribution in [0.2, 0.25) is 5.02 Å². The molecule has 0 atom stereocenters. The minimum atomic E-state index is -3.77. The smallest absolute Gasteiger partial charge is 0.238 e. The summed E-state index contributed by atoms with van der Waals surface area (Å²) in [5.41, 5.74) is 1.24. The Morgan fingerprint density at radius 3 is 2.33 bits per heavy atom. The Morgan fingerprint density at radius 2 is 1.81 bits per heavy atom. The van der Waals surface area contributed by atoms with Crippen molar-refractivity contribution >= 4 is 21.6 Å². The van der Waals surface area contributed by atoms with E-state index in [1.54, 1.807) is 0 Å². The molecule has 0 aliphatic carbocycles. The second-order valence-corrected chi connectivity index (χ2v) is 6.60. The van der Waals surface area contributed by atoms with Gasteiger partial charge in [-0.25, -0.2) is 13.6 Å². The molecule has 0 bridgehead atoms. The zero-order chi connectivity index (χ0) is 15.5. The molecule has 0 unspecified atom stereocenters. The largest absolute Gasteiger partial charge is 0.456 e. The normalized spacial score (nSPS) is 11.4. The Morgan fingerprint density at radius 1 is 1.14 bits per heavy atom. The third-order valence-electron chi connectivity index (χ3n) is 2.92. The van der Waals surface area contributed by atoms with Crippen LogP contribution >= 0.6 is 11.6 Å². The van der Waals surface area contributed by atoms with Gasteiger partial charge in [0.1, 0.15) is 11.5 Å². The van der Waals surface area contributed by atoms with Crippen LogP contribution in [0.3, 0.4) is 0 Å². The van der Waals surface area contributed by atoms with Crippen LogP contribution in [0.25, 0.3) is 0 Å². The highest BCUT2D eigenvalue weighted by Crippen LogP contribution is 2.31. The fourth-order valence-electron chi connectivity index (χ4n) is 1.88. The second-order valence-electron chi connectivity index (χ2n) is 4.63. The summed E-state index contributed by atoms with van der Waals surface area (Å²) >= 11 is 6.02.